The number of hydrogen-bond acceptors (Lipinski definition) is 5. The summed E-state index contributed by atoms with van der Waals surface area (Å²) in [5.74, 6) is -0.798. The van der Waals surface area contributed by atoms with Crippen molar-refractivity contribution < 1.29 is 23.4 Å². The lowest BCUT2D eigenvalue weighted by atomic mass is 10.2. The molecule has 8 nitrogen and oxygen atoms in total. The van der Waals surface area contributed by atoms with Crippen LogP contribution in [-0.4, -0.2) is 46.8 Å². The SMILES string of the molecule is CCCn1cc(S(=O)(=O)NC(CCO)C(=O)O)nc1C. The number of imidazole rings is 1. The van der Waals surface area contributed by atoms with E-state index < -0.39 is 28.6 Å². The van der Waals surface area contributed by atoms with Crippen LogP contribution in [0.25, 0.3) is 0 Å². The van der Waals surface area contributed by atoms with Gasteiger partial charge in [0.2, 0.25) is 0 Å². The van der Waals surface area contributed by atoms with E-state index in [0.29, 0.717) is 12.4 Å². The number of nitrogens with zero attached hydrogens (tertiary/aromatic N) is 2. The summed E-state index contributed by atoms with van der Waals surface area (Å²) >= 11 is 0. The molecular weight excluding hydrogens is 286 g/mol. The molecule has 1 aromatic heterocycles. The maximum absolute atomic E-state index is 12.1. The van der Waals surface area contributed by atoms with Gasteiger partial charge >= 0.3 is 5.97 Å². The molecule has 0 bridgehead atoms. The van der Waals surface area contributed by atoms with E-state index in [1.165, 1.54) is 6.20 Å². The lowest BCUT2D eigenvalue weighted by Crippen LogP contribution is -2.41. The van der Waals surface area contributed by atoms with Crippen LogP contribution < -0.4 is 4.72 Å². The molecule has 1 rings (SSSR count). The monoisotopic (exact) mass is 305 g/mol. The fraction of sp³-hybridized carbons (Fsp3) is 0.636. The maximum Gasteiger partial charge on any atom is 0.321 e. The van der Waals surface area contributed by atoms with Gasteiger partial charge in [-0.1, -0.05) is 6.92 Å². The highest BCUT2D eigenvalue weighted by atomic mass is 32.2. The van der Waals surface area contributed by atoms with Crippen LogP contribution >= 0.6 is 0 Å². The van der Waals surface area contributed by atoms with Crippen LogP contribution in [-0.2, 0) is 21.4 Å². The van der Waals surface area contributed by atoms with Gasteiger partial charge in [-0.15, -0.1) is 0 Å². The summed E-state index contributed by atoms with van der Waals surface area (Å²) in [7, 11) is -4.02. The second-order valence-electron chi connectivity index (χ2n) is 4.34. The molecule has 0 amide bonds. The van der Waals surface area contributed by atoms with Crippen LogP contribution in [0.4, 0.5) is 0 Å². The van der Waals surface area contributed by atoms with E-state index >= 15 is 0 Å². The number of aryl methyl sites for hydroxylation is 2. The van der Waals surface area contributed by atoms with Gasteiger partial charge in [0.1, 0.15) is 11.9 Å². The van der Waals surface area contributed by atoms with E-state index in [2.05, 4.69) is 4.98 Å². The van der Waals surface area contributed by atoms with Crippen molar-refractivity contribution in [2.24, 2.45) is 0 Å². The zero-order valence-electron chi connectivity index (χ0n) is 11.4. The highest BCUT2D eigenvalue weighted by Gasteiger charge is 2.27. The molecule has 0 saturated heterocycles. The van der Waals surface area contributed by atoms with Crippen molar-refractivity contribution in [1.29, 1.82) is 0 Å². The molecular formula is C11H19N3O5S. The second-order valence-corrected chi connectivity index (χ2v) is 6.00. The Labute approximate surface area is 117 Å². The first kappa shape index (κ1) is 16.6. The Hall–Kier alpha value is -1.45. The van der Waals surface area contributed by atoms with Gasteiger partial charge in [0.25, 0.3) is 10.0 Å². The lowest BCUT2D eigenvalue weighted by molar-refractivity contribution is -0.139. The number of rotatable bonds is 8. The van der Waals surface area contributed by atoms with Crippen LogP contribution in [0.5, 0.6) is 0 Å². The molecule has 1 aromatic rings. The van der Waals surface area contributed by atoms with Gasteiger partial charge in [-0.25, -0.2) is 13.4 Å². The van der Waals surface area contributed by atoms with E-state index in [1.807, 2.05) is 11.6 Å². The minimum atomic E-state index is -4.02. The molecule has 3 N–H and O–H groups in total. The van der Waals surface area contributed by atoms with Crippen LogP contribution in [0.15, 0.2) is 11.2 Å². The molecule has 0 aliphatic rings. The third-order valence-electron chi connectivity index (χ3n) is 2.71. The average molecular weight is 305 g/mol. The minimum absolute atomic E-state index is 0.205. The predicted octanol–water partition coefficient (Wildman–Crippen LogP) is -0.285. The molecule has 0 radical (unpaired) electrons. The first-order valence-corrected chi connectivity index (χ1v) is 7.70. The van der Waals surface area contributed by atoms with E-state index in [-0.39, 0.29) is 11.4 Å². The Morgan fingerprint density at radius 1 is 1.55 bits per heavy atom. The van der Waals surface area contributed by atoms with Crippen LogP contribution in [0.3, 0.4) is 0 Å². The van der Waals surface area contributed by atoms with Crippen LogP contribution in [0, 0.1) is 6.92 Å². The molecule has 0 fully saturated rings. The van der Waals surface area contributed by atoms with Crippen molar-refractivity contribution in [1.82, 2.24) is 14.3 Å². The Kier molecular flexibility index (Phi) is 5.66. The summed E-state index contributed by atoms with van der Waals surface area (Å²) in [6.45, 7) is 3.83. The number of nitrogens with one attached hydrogen (secondary N) is 1. The number of carbonyl (C=O) groups is 1. The topological polar surface area (TPSA) is 122 Å². The number of sulfonamides is 1. The van der Waals surface area contributed by atoms with Crippen molar-refractivity contribution >= 4 is 16.0 Å². The second kappa shape index (κ2) is 6.82. The number of carboxylic acids is 1. The van der Waals surface area contributed by atoms with Gasteiger partial charge < -0.3 is 14.8 Å². The van der Waals surface area contributed by atoms with Gasteiger partial charge in [-0.05, 0) is 19.8 Å². The highest BCUT2D eigenvalue weighted by molar-refractivity contribution is 7.89. The van der Waals surface area contributed by atoms with Crippen molar-refractivity contribution in [2.45, 2.75) is 44.3 Å². The number of carboxylic acid groups (broad SMARTS) is 1. The normalized spacial score (nSPS) is 13.3. The lowest BCUT2D eigenvalue weighted by Gasteiger charge is -2.12. The zero-order valence-corrected chi connectivity index (χ0v) is 12.2. The van der Waals surface area contributed by atoms with Crippen molar-refractivity contribution in [3.63, 3.8) is 0 Å². The molecule has 1 heterocycles. The number of aliphatic carboxylic acids is 1. The molecule has 0 saturated carbocycles. The molecule has 1 unspecified atom stereocenters. The zero-order chi connectivity index (χ0) is 15.3. The Balaban J connectivity index is 2.98. The van der Waals surface area contributed by atoms with Gasteiger partial charge in [0, 0.05) is 19.3 Å². The standard InChI is InChI=1S/C11H19N3O5S/c1-3-5-14-7-10(12-8(14)2)20(18,19)13-9(4-6-15)11(16)17/h7,9,13,15H,3-6H2,1-2H3,(H,16,17). The van der Waals surface area contributed by atoms with E-state index in [4.69, 9.17) is 10.2 Å². The third-order valence-corrected chi connectivity index (χ3v) is 4.05. The van der Waals surface area contributed by atoms with Crippen LogP contribution in [0.2, 0.25) is 0 Å². The maximum atomic E-state index is 12.1. The van der Waals surface area contributed by atoms with E-state index in [0.717, 1.165) is 6.42 Å². The summed E-state index contributed by atoms with van der Waals surface area (Å²) in [4.78, 5) is 14.8. The van der Waals surface area contributed by atoms with Crippen molar-refractivity contribution in [3.8, 4) is 0 Å². The highest BCUT2D eigenvalue weighted by Crippen LogP contribution is 2.11. The van der Waals surface area contributed by atoms with Gasteiger partial charge in [0.05, 0.1) is 0 Å². The quantitative estimate of drug-likeness (QED) is 0.607. The number of aromatic nitrogens is 2. The molecule has 9 heteroatoms. The molecule has 0 aliphatic carbocycles. The van der Waals surface area contributed by atoms with Crippen molar-refractivity contribution in [2.75, 3.05) is 6.61 Å². The molecule has 0 aromatic carbocycles. The first-order chi connectivity index (χ1) is 9.31. The van der Waals surface area contributed by atoms with Gasteiger partial charge in [-0.2, -0.15) is 4.72 Å². The number of aliphatic hydroxyl groups excluding tert-OH is 1. The summed E-state index contributed by atoms with van der Waals surface area (Å²) in [6, 6.07) is -1.37. The van der Waals surface area contributed by atoms with Gasteiger partial charge in [0.15, 0.2) is 5.03 Å². The fourth-order valence-electron chi connectivity index (χ4n) is 1.69. The Bertz CT molecular complexity index is 567. The first-order valence-electron chi connectivity index (χ1n) is 6.21. The Morgan fingerprint density at radius 3 is 2.70 bits per heavy atom. The largest absolute Gasteiger partial charge is 0.480 e. The number of hydrogen-bond donors (Lipinski definition) is 3. The van der Waals surface area contributed by atoms with Gasteiger partial charge in [-0.3, -0.25) is 4.79 Å². The van der Waals surface area contributed by atoms with Crippen molar-refractivity contribution in [3.05, 3.63) is 12.0 Å². The van der Waals surface area contributed by atoms with E-state index in [1.54, 1.807) is 11.5 Å². The summed E-state index contributed by atoms with van der Waals surface area (Å²) in [5.41, 5.74) is 0. The summed E-state index contributed by atoms with van der Waals surface area (Å²) in [5, 5.41) is 17.4. The molecule has 1 atom stereocenters. The smallest absolute Gasteiger partial charge is 0.321 e. The fourth-order valence-corrected chi connectivity index (χ4v) is 2.92. The van der Waals surface area contributed by atoms with E-state index in [9.17, 15) is 13.2 Å². The van der Waals surface area contributed by atoms with Crippen LogP contribution in [0.1, 0.15) is 25.6 Å². The minimum Gasteiger partial charge on any atom is -0.480 e. The Morgan fingerprint density at radius 2 is 2.20 bits per heavy atom. The summed E-state index contributed by atoms with van der Waals surface area (Å²) in [6.07, 6.45) is 1.99. The summed E-state index contributed by atoms with van der Waals surface area (Å²) < 4.78 is 27.8. The molecule has 0 spiro atoms. The molecule has 114 valence electrons. The average Bonchev–Trinajstić information content (AvgIpc) is 2.71. The predicted molar refractivity (Wildman–Crippen MR) is 70.7 cm³/mol. The number of aliphatic hydroxyl groups is 1. The molecule has 20 heavy (non-hydrogen) atoms. The third kappa shape index (κ3) is 4.02. The molecule has 0 aliphatic heterocycles.